The van der Waals surface area contributed by atoms with Crippen molar-refractivity contribution >= 4 is 11.7 Å². The molecule has 0 atom stereocenters. The van der Waals surface area contributed by atoms with Crippen LogP contribution in [0.2, 0.25) is 0 Å². The normalized spacial score (nSPS) is 9.54. The van der Waals surface area contributed by atoms with Crippen molar-refractivity contribution < 1.29 is 4.79 Å². The second kappa shape index (κ2) is 4.30. The first-order chi connectivity index (χ1) is 6.22. The first kappa shape index (κ1) is 9.31. The molecule has 0 aliphatic carbocycles. The van der Waals surface area contributed by atoms with E-state index in [9.17, 15) is 4.79 Å². The van der Waals surface area contributed by atoms with E-state index in [1.54, 1.807) is 18.3 Å². The summed E-state index contributed by atoms with van der Waals surface area (Å²) in [5.74, 6) is 0.305. The van der Waals surface area contributed by atoms with Gasteiger partial charge in [-0.05, 0) is 6.07 Å². The molecule has 0 spiro atoms. The van der Waals surface area contributed by atoms with E-state index >= 15 is 0 Å². The van der Waals surface area contributed by atoms with Crippen LogP contribution in [-0.2, 0) is 11.3 Å². The number of amides is 1. The summed E-state index contributed by atoms with van der Waals surface area (Å²) in [7, 11) is 0. The minimum atomic E-state index is -0.108. The maximum Gasteiger partial charge on any atom is 0.241 e. The average Bonchev–Trinajstić information content (AvgIpc) is 2.48. The zero-order valence-corrected chi connectivity index (χ0v) is 7.23. The van der Waals surface area contributed by atoms with Crippen molar-refractivity contribution in [3.05, 3.63) is 24.9 Å². The topological polar surface area (TPSA) is 72.9 Å². The van der Waals surface area contributed by atoms with Gasteiger partial charge >= 0.3 is 0 Å². The number of hydrogen-bond donors (Lipinski definition) is 2. The summed E-state index contributed by atoms with van der Waals surface area (Å²) in [5, 5.41) is 6.50. The molecule has 5 heteroatoms. The Morgan fingerprint density at radius 1 is 1.85 bits per heavy atom. The maximum absolute atomic E-state index is 11.1. The van der Waals surface area contributed by atoms with E-state index in [0.717, 1.165) is 0 Å². The monoisotopic (exact) mass is 180 g/mol. The molecule has 70 valence electrons. The lowest BCUT2D eigenvalue weighted by molar-refractivity contribution is -0.121. The van der Waals surface area contributed by atoms with Crippen LogP contribution in [0.4, 0.5) is 5.82 Å². The first-order valence-corrected chi connectivity index (χ1v) is 3.89. The summed E-state index contributed by atoms with van der Waals surface area (Å²) in [4.78, 5) is 11.1. The quantitative estimate of drug-likeness (QED) is 0.628. The van der Waals surface area contributed by atoms with Gasteiger partial charge in [-0.2, -0.15) is 5.10 Å². The van der Waals surface area contributed by atoms with Gasteiger partial charge in [0, 0.05) is 12.7 Å². The number of anilines is 1. The molecule has 0 unspecified atom stereocenters. The van der Waals surface area contributed by atoms with Crippen molar-refractivity contribution in [2.75, 3.05) is 12.3 Å². The van der Waals surface area contributed by atoms with Crippen LogP contribution < -0.4 is 11.1 Å². The van der Waals surface area contributed by atoms with Gasteiger partial charge in [0.05, 0.1) is 0 Å². The van der Waals surface area contributed by atoms with Crippen molar-refractivity contribution in [3.63, 3.8) is 0 Å². The van der Waals surface area contributed by atoms with Crippen LogP contribution in [0, 0.1) is 0 Å². The van der Waals surface area contributed by atoms with Gasteiger partial charge in [-0.1, -0.05) is 6.08 Å². The lowest BCUT2D eigenvalue weighted by atomic mass is 10.5. The third-order valence-corrected chi connectivity index (χ3v) is 1.41. The van der Waals surface area contributed by atoms with Crippen molar-refractivity contribution in [3.8, 4) is 0 Å². The fraction of sp³-hybridized carbons (Fsp3) is 0.250. The van der Waals surface area contributed by atoms with Gasteiger partial charge in [-0.3, -0.25) is 9.48 Å². The van der Waals surface area contributed by atoms with E-state index in [-0.39, 0.29) is 12.5 Å². The van der Waals surface area contributed by atoms with Gasteiger partial charge < -0.3 is 11.1 Å². The maximum atomic E-state index is 11.1. The van der Waals surface area contributed by atoms with Crippen LogP contribution in [0.25, 0.3) is 0 Å². The van der Waals surface area contributed by atoms with E-state index in [4.69, 9.17) is 5.73 Å². The molecule has 1 heterocycles. The molecule has 5 nitrogen and oxygen atoms in total. The summed E-state index contributed by atoms with van der Waals surface area (Å²) in [6, 6.07) is 1.64. The highest BCUT2D eigenvalue weighted by atomic mass is 16.2. The Labute approximate surface area is 76.2 Å². The Hall–Kier alpha value is -1.78. The lowest BCUT2D eigenvalue weighted by Crippen LogP contribution is -2.27. The van der Waals surface area contributed by atoms with E-state index < -0.39 is 0 Å². The molecule has 13 heavy (non-hydrogen) atoms. The molecule has 1 amide bonds. The predicted octanol–water partition coefficient (Wildman–Crippen LogP) is -0.233. The molecule has 0 bridgehead atoms. The summed E-state index contributed by atoms with van der Waals surface area (Å²) < 4.78 is 1.48. The van der Waals surface area contributed by atoms with Crippen molar-refractivity contribution in [2.45, 2.75) is 6.54 Å². The highest BCUT2D eigenvalue weighted by molar-refractivity contribution is 5.75. The van der Waals surface area contributed by atoms with E-state index in [2.05, 4.69) is 17.0 Å². The van der Waals surface area contributed by atoms with Crippen LogP contribution in [0.3, 0.4) is 0 Å². The SMILES string of the molecule is C=CCNC(=O)Cn1ccc(N)n1. The van der Waals surface area contributed by atoms with Gasteiger partial charge in [-0.15, -0.1) is 6.58 Å². The zero-order chi connectivity index (χ0) is 9.68. The summed E-state index contributed by atoms with van der Waals surface area (Å²) in [6.07, 6.45) is 3.28. The van der Waals surface area contributed by atoms with Crippen LogP contribution in [0.1, 0.15) is 0 Å². The molecule has 0 fully saturated rings. The molecule has 1 aromatic rings. The molecule has 0 saturated heterocycles. The first-order valence-electron chi connectivity index (χ1n) is 3.89. The predicted molar refractivity (Wildman–Crippen MR) is 49.8 cm³/mol. The van der Waals surface area contributed by atoms with Gasteiger partial charge in [0.2, 0.25) is 5.91 Å². The van der Waals surface area contributed by atoms with E-state index in [1.807, 2.05) is 0 Å². The number of nitrogen functional groups attached to an aromatic ring is 1. The number of hydrogen-bond acceptors (Lipinski definition) is 3. The molecular formula is C8H12N4O. The fourth-order valence-corrected chi connectivity index (χ4v) is 0.854. The molecule has 3 N–H and O–H groups in total. The zero-order valence-electron chi connectivity index (χ0n) is 7.23. The third-order valence-electron chi connectivity index (χ3n) is 1.41. The minimum absolute atomic E-state index is 0.108. The lowest BCUT2D eigenvalue weighted by Gasteiger charge is -2.01. The molecule has 1 aromatic heterocycles. The Morgan fingerprint density at radius 2 is 2.62 bits per heavy atom. The minimum Gasteiger partial charge on any atom is -0.382 e. The summed E-state index contributed by atoms with van der Waals surface area (Å²) in [6.45, 7) is 4.14. The van der Waals surface area contributed by atoms with Crippen LogP contribution in [0.5, 0.6) is 0 Å². The Kier molecular flexibility index (Phi) is 3.08. The fourth-order valence-electron chi connectivity index (χ4n) is 0.854. The molecule has 0 radical (unpaired) electrons. The Morgan fingerprint density at radius 3 is 3.15 bits per heavy atom. The number of carbonyl (C=O) groups excluding carboxylic acids is 1. The number of carbonyl (C=O) groups is 1. The largest absolute Gasteiger partial charge is 0.382 e. The Balaban J connectivity index is 2.40. The van der Waals surface area contributed by atoms with Crippen LogP contribution in [-0.4, -0.2) is 22.2 Å². The molecule has 0 aliphatic heterocycles. The smallest absolute Gasteiger partial charge is 0.241 e. The number of nitrogens with one attached hydrogen (secondary N) is 1. The average molecular weight is 180 g/mol. The summed E-state index contributed by atoms with van der Waals surface area (Å²) >= 11 is 0. The molecule has 0 saturated carbocycles. The van der Waals surface area contributed by atoms with Gasteiger partial charge in [0.1, 0.15) is 12.4 Å². The van der Waals surface area contributed by atoms with Crippen molar-refractivity contribution in [2.24, 2.45) is 0 Å². The molecule has 1 rings (SSSR count). The van der Waals surface area contributed by atoms with Gasteiger partial charge in [0.25, 0.3) is 0 Å². The van der Waals surface area contributed by atoms with Crippen LogP contribution in [0.15, 0.2) is 24.9 Å². The number of nitrogens with zero attached hydrogens (tertiary/aromatic N) is 2. The van der Waals surface area contributed by atoms with E-state index in [0.29, 0.717) is 12.4 Å². The Bertz CT molecular complexity index is 305. The number of rotatable bonds is 4. The van der Waals surface area contributed by atoms with Gasteiger partial charge in [-0.25, -0.2) is 0 Å². The second-order valence-corrected chi connectivity index (χ2v) is 2.53. The number of aromatic nitrogens is 2. The third kappa shape index (κ3) is 2.98. The highest BCUT2D eigenvalue weighted by Crippen LogP contribution is 1.94. The highest BCUT2D eigenvalue weighted by Gasteiger charge is 2.01. The van der Waals surface area contributed by atoms with Gasteiger partial charge in [0.15, 0.2) is 0 Å². The molecule has 0 aliphatic rings. The van der Waals surface area contributed by atoms with Crippen molar-refractivity contribution in [1.29, 1.82) is 0 Å². The van der Waals surface area contributed by atoms with Crippen molar-refractivity contribution in [1.82, 2.24) is 15.1 Å². The molecular weight excluding hydrogens is 168 g/mol. The molecule has 0 aromatic carbocycles. The van der Waals surface area contributed by atoms with E-state index in [1.165, 1.54) is 4.68 Å². The number of nitrogens with two attached hydrogens (primary N) is 1. The van der Waals surface area contributed by atoms with Crippen LogP contribution >= 0.6 is 0 Å². The standard InChI is InChI=1S/C8H12N4O/c1-2-4-10-8(13)6-12-5-3-7(9)11-12/h2-3,5H,1,4,6H2,(H2,9,11)(H,10,13). The second-order valence-electron chi connectivity index (χ2n) is 2.53. The summed E-state index contributed by atoms with van der Waals surface area (Å²) in [5.41, 5.74) is 5.37.